The van der Waals surface area contributed by atoms with Crippen molar-refractivity contribution in [3.63, 3.8) is 0 Å². The molecule has 0 radical (unpaired) electrons. The molecule has 0 spiro atoms. The van der Waals surface area contributed by atoms with Gasteiger partial charge >= 0.3 is 6.01 Å². The molecule has 3 heterocycles. The molecule has 40 heavy (non-hydrogen) atoms. The minimum absolute atomic E-state index is 0.000760. The van der Waals surface area contributed by atoms with Crippen LogP contribution in [0.5, 0.6) is 29.1 Å². The molecule has 0 amide bonds. The largest absolute Gasteiger partial charge is 0.496 e. The fraction of sp³-hybridized carbons (Fsp3) is 0.379. The van der Waals surface area contributed by atoms with Crippen molar-refractivity contribution in [3.05, 3.63) is 41.8 Å². The van der Waals surface area contributed by atoms with Crippen LogP contribution in [-0.2, 0) is 0 Å². The summed E-state index contributed by atoms with van der Waals surface area (Å²) in [5.74, 6) is 3.02. The molecule has 4 aromatic rings. The van der Waals surface area contributed by atoms with Crippen molar-refractivity contribution in [1.82, 2.24) is 24.8 Å². The van der Waals surface area contributed by atoms with E-state index in [0.717, 1.165) is 31.9 Å². The molecule has 0 unspecified atom stereocenters. The molecule has 1 atom stereocenters. The van der Waals surface area contributed by atoms with E-state index in [4.69, 9.17) is 25.4 Å². The van der Waals surface area contributed by atoms with E-state index in [1.165, 1.54) is 20.3 Å². The monoisotopic (exact) mass is 549 g/mol. The van der Waals surface area contributed by atoms with E-state index in [2.05, 4.69) is 30.7 Å². The molecule has 0 bridgehead atoms. The molecule has 1 saturated heterocycles. The maximum Gasteiger partial charge on any atom is 0.320 e. The second-order valence-corrected chi connectivity index (χ2v) is 9.67. The van der Waals surface area contributed by atoms with E-state index in [1.807, 2.05) is 6.92 Å². The normalized spacial score (nSPS) is 15.2. The molecule has 0 aliphatic carbocycles. The van der Waals surface area contributed by atoms with Gasteiger partial charge in [-0.25, -0.2) is 4.39 Å². The summed E-state index contributed by atoms with van der Waals surface area (Å²) in [7, 11) is 2.93. The molecule has 2 aromatic carbocycles. The number of nitrogens with zero attached hydrogens (tertiary/aromatic N) is 4. The number of halogens is 1. The van der Waals surface area contributed by atoms with E-state index < -0.39 is 11.9 Å². The number of aromatic amines is 1. The van der Waals surface area contributed by atoms with Gasteiger partial charge in [0.1, 0.15) is 29.6 Å². The first-order valence-electron chi connectivity index (χ1n) is 13.0. The van der Waals surface area contributed by atoms with Gasteiger partial charge in [-0.2, -0.15) is 9.97 Å². The number of terminal acetylenes is 1. The fourth-order valence-electron chi connectivity index (χ4n) is 4.83. The molecular weight excluding hydrogens is 517 g/mol. The summed E-state index contributed by atoms with van der Waals surface area (Å²) in [6.45, 7) is 6.46. The highest BCUT2D eigenvalue weighted by molar-refractivity contribution is 5.92. The quantitative estimate of drug-likeness (QED) is 0.288. The molecule has 1 fully saturated rings. The van der Waals surface area contributed by atoms with Crippen LogP contribution in [0.25, 0.3) is 21.8 Å². The number of aliphatic hydroxyl groups excluding tert-OH is 1. The molecule has 11 heteroatoms. The summed E-state index contributed by atoms with van der Waals surface area (Å²) in [6, 6.07) is 8.36. The van der Waals surface area contributed by atoms with E-state index in [-0.39, 0.29) is 24.2 Å². The number of ether oxygens (including phenoxy) is 4. The number of hydrogen-bond acceptors (Lipinski definition) is 9. The van der Waals surface area contributed by atoms with Gasteiger partial charge in [0.05, 0.1) is 26.3 Å². The number of H-pyrrole nitrogens is 1. The standard InChI is InChI=1S/C29H32FN5O5/c1-5-8-34-9-11-35(12-10-34)16-19(36)17-39-20-14-23-26(25(15-20)37-3)28(33-29(32-23)38-4)40-24-7-6-22-21(27(24)30)13-18(2)31-22/h1,6-7,13-15,19,31,36H,8-12,16-17H2,2-4H3/t19-/m1/s1. The maximum atomic E-state index is 15.3. The van der Waals surface area contributed by atoms with Gasteiger partial charge in [0.15, 0.2) is 11.6 Å². The van der Waals surface area contributed by atoms with Crippen molar-refractivity contribution in [2.75, 3.05) is 60.1 Å². The minimum atomic E-state index is -0.699. The molecule has 1 aliphatic rings. The number of piperazine rings is 1. The lowest BCUT2D eigenvalue weighted by atomic mass is 10.2. The number of hydrogen-bond donors (Lipinski definition) is 2. The van der Waals surface area contributed by atoms with E-state index in [9.17, 15) is 5.11 Å². The summed E-state index contributed by atoms with van der Waals surface area (Å²) in [5.41, 5.74) is 1.91. The van der Waals surface area contributed by atoms with Gasteiger partial charge in [-0.15, -0.1) is 6.42 Å². The smallest absolute Gasteiger partial charge is 0.320 e. The predicted octanol–water partition coefficient (Wildman–Crippen LogP) is 3.36. The number of aryl methyl sites for hydroxylation is 1. The van der Waals surface area contributed by atoms with Crippen molar-refractivity contribution >= 4 is 21.8 Å². The third kappa shape index (κ3) is 5.89. The zero-order valence-corrected chi connectivity index (χ0v) is 22.7. The summed E-state index contributed by atoms with van der Waals surface area (Å²) in [5, 5.41) is 11.5. The number of nitrogens with one attached hydrogen (secondary N) is 1. The lowest BCUT2D eigenvalue weighted by molar-refractivity contribution is 0.0484. The van der Waals surface area contributed by atoms with Crippen LogP contribution >= 0.6 is 0 Å². The van der Waals surface area contributed by atoms with Crippen LogP contribution in [0.4, 0.5) is 4.39 Å². The Morgan fingerprint density at radius 1 is 1.07 bits per heavy atom. The van der Waals surface area contributed by atoms with Crippen molar-refractivity contribution in [2.45, 2.75) is 13.0 Å². The van der Waals surface area contributed by atoms with E-state index in [0.29, 0.717) is 46.4 Å². The van der Waals surface area contributed by atoms with Crippen molar-refractivity contribution in [3.8, 4) is 41.5 Å². The Kier molecular flexibility index (Phi) is 8.21. The molecule has 1 aliphatic heterocycles. The summed E-state index contributed by atoms with van der Waals surface area (Å²) in [6.07, 6.45) is 4.70. The highest BCUT2D eigenvalue weighted by Gasteiger charge is 2.22. The fourth-order valence-corrected chi connectivity index (χ4v) is 4.83. The van der Waals surface area contributed by atoms with Crippen molar-refractivity contribution in [2.24, 2.45) is 0 Å². The second kappa shape index (κ2) is 12.0. The van der Waals surface area contributed by atoms with Crippen LogP contribution in [0.2, 0.25) is 0 Å². The molecule has 2 aromatic heterocycles. The predicted molar refractivity (Wildman–Crippen MR) is 149 cm³/mol. The lowest BCUT2D eigenvalue weighted by Gasteiger charge is -2.34. The molecule has 10 nitrogen and oxygen atoms in total. The minimum Gasteiger partial charge on any atom is -0.496 e. The summed E-state index contributed by atoms with van der Waals surface area (Å²) < 4.78 is 38.1. The van der Waals surface area contributed by atoms with Crippen LogP contribution in [0, 0.1) is 25.1 Å². The van der Waals surface area contributed by atoms with Gasteiger partial charge in [0.25, 0.3) is 0 Å². The zero-order valence-electron chi connectivity index (χ0n) is 22.7. The van der Waals surface area contributed by atoms with Gasteiger partial charge in [-0.3, -0.25) is 9.80 Å². The van der Waals surface area contributed by atoms with E-state index >= 15 is 4.39 Å². The Labute approximate surface area is 231 Å². The van der Waals surface area contributed by atoms with Gasteiger partial charge in [0, 0.05) is 61.5 Å². The first-order valence-corrected chi connectivity index (χ1v) is 13.0. The van der Waals surface area contributed by atoms with E-state index in [1.54, 1.807) is 24.3 Å². The highest BCUT2D eigenvalue weighted by atomic mass is 19.1. The van der Waals surface area contributed by atoms with Crippen LogP contribution in [0.1, 0.15) is 5.69 Å². The Bertz CT molecular complexity index is 1540. The third-order valence-corrected chi connectivity index (χ3v) is 6.82. The lowest BCUT2D eigenvalue weighted by Crippen LogP contribution is -2.49. The number of β-amino-alcohol motifs (C(OH)–C–C–N with tert-alkyl or cyclic N) is 1. The Hall–Kier alpha value is -4.11. The number of aromatic nitrogens is 3. The number of rotatable bonds is 10. The second-order valence-electron chi connectivity index (χ2n) is 9.67. The summed E-state index contributed by atoms with van der Waals surface area (Å²) in [4.78, 5) is 16.3. The first kappa shape index (κ1) is 27.5. The molecule has 2 N–H and O–H groups in total. The number of methoxy groups -OCH3 is 2. The Balaban J connectivity index is 1.35. The van der Waals surface area contributed by atoms with Crippen LogP contribution in [0.15, 0.2) is 30.3 Å². The SMILES string of the molecule is C#CCN1CCN(C[C@@H](O)COc2cc(OC)c3c(Oc4ccc5[nH]c(C)cc5c4F)nc(OC)nc3c2)CC1. The topological polar surface area (TPSA) is 105 Å². The first-order chi connectivity index (χ1) is 19.4. The van der Waals surface area contributed by atoms with Crippen LogP contribution in [0.3, 0.4) is 0 Å². The highest BCUT2D eigenvalue weighted by Crippen LogP contribution is 2.40. The summed E-state index contributed by atoms with van der Waals surface area (Å²) >= 11 is 0. The zero-order chi connectivity index (χ0) is 28.2. The molecule has 0 saturated carbocycles. The van der Waals surface area contributed by atoms with Crippen molar-refractivity contribution < 1.29 is 28.4 Å². The van der Waals surface area contributed by atoms with Gasteiger partial charge in [0.2, 0.25) is 5.88 Å². The average Bonchev–Trinajstić information content (AvgIpc) is 3.35. The van der Waals surface area contributed by atoms with Crippen LogP contribution < -0.4 is 18.9 Å². The van der Waals surface area contributed by atoms with Gasteiger partial charge in [-0.1, -0.05) is 5.92 Å². The number of aliphatic hydroxyl groups is 1. The maximum absolute atomic E-state index is 15.3. The average molecular weight is 550 g/mol. The molecule has 5 rings (SSSR count). The Morgan fingerprint density at radius 2 is 1.85 bits per heavy atom. The van der Waals surface area contributed by atoms with Gasteiger partial charge < -0.3 is 29.0 Å². The Morgan fingerprint density at radius 3 is 2.58 bits per heavy atom. The number of benzene rings is 2. The number of fused-ring (bicyclic) bond motifs is 2. The molecular formula is C29H32FN5O5. The molecule has 210 valence electrons. The van der Waals surface area contributed by atoms with Crippen molar-refractivity contribution in [1.29, 1.82) is 0 Å². The van der Waals surface area contributed by atoms with Crippen LogP contribution in [-0.4, -0.2) is 96.1 Å². The third-order valence-electron chi connectivity index (χ3n) is 6.82. The van der Waals surface area contributed by atoms with Gasteiger partial charge in [-0.05, 0) is 25.1 Å².